The van der Waals surface area contributed by atoms with Crippen LogP contribution in [0.25, 0.3) is 0 Å². The van der Waals surface area contributed by atoms with Gasteiger partial charge in [0.2, 0.25) is 17.8 Å². The Labute approximate surface area is 211 Å². The number of amides is 2. The molecule has 0 aliphatic rings. The zero-order valence-electron chi connectivity index (χ0n) is 22.4. The van der Waals surface area contributed by atoms with Gasteiger partial charge < -0.3 is 25.8 Å². The first-order chi connectivity index (χ1) is 16.6. The van der Waals surface area contributed by atoms with Gasteiger partial charge in [-0.25, -0.2) is 4.98 Å². The number of nitrogens with zero attached hydrogens (tertiary/aromatic N) is 4. The van der Waals surface area contributed by atoms with Crippen LogP contribution in [0.1, 0.15) is 52.5 Å². The SMILES string of the molecule is CCCNc1nc(NCC(C)C)ncc1C#CCCCNC(=O)[C@H](C)N(C)C(=O)C=CCN(C)C. The second kappa shape index (κ2) is 16.5. The van der Waals surface area contributed by atoms with Crippen molar-refractivity contribution in [1.82, 2.24) is 25.1 Å². The summed E-state index contributed by atoms with van der Waals surface area (Å²) in [5.74, 6) is 7.74. The van der Waals surface area contributed by atoms with Crippen LogP contribution >= 0.6 is 0 Å². The van der Waals surface area contributed by atoms with Crippen molar-refractivity contribution >= 4 is 23.6 Å². The first kappa shape index (κ1) is 29.9. The molecular weight excluding hydrogens is 442 g/mol. The number of unbranched alkanes of at least 4 members (excludes halogenated alkanes) is 1. The number of anilines is 2. The minimum Gasteiger partial charge on any atom is -0.369 e. The number of carbonyl (C=O) groups excluding carboxylic acids is 2. The monoisotopic (exact) mass is 485 g/mol. The Morgan fingerprint density at radius 3 is 2.54 bits per heavy atom. The zero-order valence-corrected chi connectivity index (χ0v) is 22.4. The lowest BCUT2D eigenvalue weighted by Crippen LogP contribution is -2.45. The van der Waals surface area contributed by atoms with Crippen LogP contribution in [0.15, 0.2) is 18.3 Å². The topological polar surface area (TPSA) is 102 Å². The Morgan fingerprint density at radius 2 is 1.89 bits per heavy atom. The summed E-state index contributed by atoms with van der Waals surface area (Å²) in [6, 6.07) is -0.551. The molecule has 0 aromatic carbocycles. The molecule has 0 bridgehead atoms. The lowest BCUT2D eigenvalue weighted by atomic mass is 10.2. The Kier molecular flexibility index (Phi) is 14.1. The van der Waals surface area contributed by atoms with Gasteiger partial charge in [0.05, 0.1) is 11.8 Å². The highest BCUT2D eigenvalue weighted by atomic mass is 16.2. The van der Waals surface area contributed by atoms with Gasteiger partial charge >= 0.3 is 0 Å². The number of aromatic nitrogens is 2. The third-order valence-electron chi connectivity index (χ3n) is 5.04. The fourth-order valence-corrected chi connectivity index (χ4v) is 2.77. The Morgan fingerprint density at radius 1 is 1.14 bits per heavy atom. The van der Waals surface area contributed by atoms with Crippen LogP contribution < -0.4 is 16.0 Å². The van der Waals surface area contributed by atoms with E-state index in [4.69, 9.17) is 0 Å². The predicted octanol–water partition coefficient (Wildman–Crippen LogP) is 2.58. The van der Waals surface area contributed by atoms with Gasteiger partial charge in [0.25, 0.3) is 0 Å². The molecule has 0 unspecified atom stereocenters. The van der Waals surface area contributed by atoms with Crippen molar-refractivity contribution in [3.8, 4) is 11.8 Å². The molecule has 0 spiro atoms. The summed E-state index contributed by atoms with van der Waals surface area (Å²) in [4.78, 5) is 36.9. The summed E-state index contributed by atoms with van der Waals surface area (Å²) in [5, 5.41) is 9.44. The molecule has 1 rings (SSSR count). The van der Waals surface area contributed by atoms with Gasteiger partial charge in [-0.05, 0) is 39.8 Å². The summed E-state index contributed by atoms with van der Waals surface area (Å²) in [6.45, 7) is 10.9. The van der Waals surface area contributed by atoms with E-state index in [0.717, 1.165) is 30.9 Å². The summed E-state index contributed by atoms with van der Waals surface area (Å²) >= 11 is 0. The van der Waals surface area contributed by atoms with E-state index in [-0.39, 0.29) is 11.8 Å². The van der Waals surface area contributed by atoms with Gasteiger partial charge in [0, 0.05) is 45.7 Å². The van der Waals surface area contributed by atoms with Crippen LogP contribution in [0.4, 0.5) is 11.8 Å². The smallest absolute Gasteiger partial charge is 0.246 e. The lowest BCUT2D eigenvalue weighted by molar-refractivity contribution is -0.135. The van der Waals surface area contributed by atoms with Crippen molar-refractivity contribution in [2.75, 3.05) is 58.0 Å². The van der Waals surface area contributed by atoms with E-state index < -0.39 is 6.04 Å². The van der Waals surface area contributed by atoms with Gasteiger partial charge in [0.1, 0.15) is 11.9 Å². The van der Waals surface area contributed by atoms with Gasteiger partial charge in [-0.3, -0.25) is 9.59 Å². The van der Waals surface area contributed by atoms with Gasteiger partial charge in [-0.15, -0.1) is 0 Å². The van der Waals surface area contributed by atoms with E-state index in [1.54, 1.807) is 26.2 Å². The highest BCUT2D eigenvalue weighted by Crippen LogP contribution is 2.13. The number of hydrogen-bond donors (Lipinski definition) is 3. The lowest BCUT2D eigenvalue weighted by Gasteiger charge is -2.23. The Balaban J connectivity index is 2.54. The summed E-state index contributed by atoms with van der Waals surface area (Å²) < 4.78 is 0. The molecule has 35 heavy (non-hydrogen) atoms. The van der Waals surface area contributed by atoms with Crippen molar-refractivity contribution in [3.63, 3.8) is 0 Å². The fraction of sp³-hybridized carbons (Fsp3) is 0.615. The summed E-state index contributed by atoms with van der Waals surface area (Å²) in [5.41, 5.74) is 0.758. The third kappa shape index (κ3) is 12.2. The molecule has 1 aromatic heterocycles. The molecule has 194 valence electrons. The van der Waals surface area contributed by atoms with Crippen LogP contribution in [0, 0.1) is 17.8 Å². The number of carbonyl (C=O) groups is 2. The molecule has 3 N–H and O–H groups in total. The van der Waals surface area contributed by atoms with E-state index in [0.29, 0.717) is 37.8 Å². The quantitative estimate of drug-likeness (QED) is 0.211. The molecule has 0 aliphatic heterocycles. The van der Waals surface area contributed by atoms with Crippen molar-refractivity contribution < 1.29 is 9.59 Å². The fourth-order valence-electron chi connectivity index (χ4n) is 2.77. The molecule has 0 saturated heterocycles. The summed E-state index contributed by atoms with van der Waals surface area (Å²) in [6.07, 6.45) is 7.34. The zero-order chi connectivity index (χ0) is 26.2. The van der Waals surface area contributed by atoms with Crippen molar-refractivity contribution in [2.24, 2.45) is 5.92 Å². The maximum Gasteiger partial charge on any atom is 0.246 e. The van der Waals surface area contributed by atoms with E-state index in [2.05, 4.69) is 58.5 Å². The average Bonchev–Trinajstić information content (AvgIpc) is 2.82. The van der Waals surface area contributed by atoms with Crippen LogP contribution in [-0.4, -0.2) is 84.9 Å². The van der Waals surface area contributed by atoms with Gasteiger partial charge in [-0.2, -0.15) is 4.98 Å². The van der Waals surface area contributed by atoms with Gasteiger partial charge in [-0.1, -0.05) is 38.7 Å². The van der Waals surface area contributed by atoms with Crippen molar-refractivity contribution in [3.05, 3.63) is 23.9 Å². The van der Waals surface area contributed by atoms with Crippen LogP contribution in [0.5, 0.6) is 0 Å². The molecule has 0 aliphatic carbocycles. The summed E-state index contributed by atoms with van der Waals surface area (Å²) in [7, 11) is 5.49. The number of rotatable bonds is 14. The maximum atomic E-state index is 12.4. The largest absolute Gasteiger partial charge is 0.369 e. The Hall–Kier alpha value is -3.12. The minimum absolute atomic E-state index is 0.182. The van der Waals surface area contributed by atoms with Crippen molar-refractivity contribution in [2.45, 2.75) is 53.0 Å². The highest BCUT2D eigenvalue weighted by molar-refractivity contribution is 5.92. The van der Waals surface area contributed by atoms with Crippen molar-refractivity contribution in [1.29, 1.82) is 0 Å². The molecule has 1 heterocycles. The second-order valence-corrected chi connectivity index (χ2v) is 9.14. The van der Waals surface area contributed by atoms with E-state index in [1.807, 2.05) is 19.0 Å². The normalized spacial score (nSPS) is 11.8. The first-order valence-electron chi connectivity index (χ1n) is 12.3. The molecular formula is C26H43N7O2. The third-order valence-corrected chi connectivity index (χ3v) is 5.04. The number of hydrogen-bond acceptors (Lipinski definition) is 7. The molecule has 1 aromatic rings. The van der Waals surface area contributed by atoms with Gasteiger partial charge in [0.15, 0.2) is 0 Å². The van der Waals surface area contributed by atoms with E-state index in [1.165, 1.54) is 11.0 Å². The molecule has 1 atom stereocenters. The van der Waals surface area contributed by atoms with E-state index >= 15 is 0 Å². The molecule has 0 radical (unpaired) electrons. The highest BCUT2D eigenvalue weighted by Gasteiger charge is 2.20. The number of nitrogens with one attached hydrogen (secondary N) is 3. The molecule has 0 saturated carbocycles. The van der Waals surface area contributed by atoms with E-state index in [9.17, 15) is 9.59 Å². The van der Waals surface area contributed by atoms with Crippen LogP contribution in [-0.2, 0) is 9.59 Å². The standard InChI is InChI=1S/C26H43N7O2/c1-8-15-27-24-22(19-30-26(31-24)29-18-20(2)3)13-10-9-11-16-28-25(35)21(4)33(7)23(34)14-12-17-32(5)6/h12,14,19-21H,8-9,11,15-18H2,1-7H3,(H,28,35)(H2,27,29,30,31)/t21-/m0/s1. The Bertz CT molecular complexity index is 887. The first-order valence-corrected chi connectivity index (χ1v) is 12.3. The molecule has 2 amide bonds. The number of likely N-dealkylation sites (N-methyl/N-ethyl adjacent to an activating group) is 2. The minimum atomic E-state index is -0.551. The maximum absolute atomic E-state index is 12.4. The van der Waals surface area contributed by atoms with Crippen LogP contribution in [0.2, 0.25) is 0 Å². The molecule has 0 fully saturated rings. The molecule has 9 heteroatoms. The predicted molar refractivity (Wildman–Crippen MR) is 143 cm³/mol. The molecule has 9 nitrogen and oxygen atoms in total. The second-order valence-electron chi connectivity index (χ2n) is 9.14. The average molecular weight is 486 g/mol. The van der Waals surface area contributed by atoms with Crippen LogP contribution in [0.3, 0.4) is 0 Å².